The molecule has 0 unspecified atom stereocenters. The van der Waals surface area contributed by atoms with Gasteiger partial charge in [0.25, 0.3) is 5.91 Å². The number of ether oxygens (including phenoxy) is 2. The van der Waals surface area contributed by atoms with Gasteiger partial charge in [0.2, 0.25) is 0 Å². The minimum absolute atomic E-state index is 0.0120. The van der Waals surface area contributed by atoms with Gasteiger partial charge in [-0.15, -0.1) is 6.42 Å². The summed E-state index contributed by atoms with van der Waals surface area (Å²) in [5, 5.41) is 12.1. The zero-order chi connectivity index (χ0) is 22.8. The van der Waals surface area contributed by atoms with Crippen molar-refractivity contribution in [1.82, 2.24) is 0 Å². The van der Waals surface area contributed by atoms with Crippen molar-refractivity contribution in [3.8, 4) is 29.9 Å². The van der Waals surface area contributed by atoms with Crippen molar-refractivity contribution in [2.24, 2.45) is 0 Å². The first kappa shape index (κ1) is 22.2. The van der Waals surface area contributed by atoms with Crippen LogP contribution in [-0.4, -0.2) is 12.5 Å². The Morgan fingerprint density at radius 3 is 2.22 bits per heavy atom. The number of carbonyl (C=O) groups is 1. The van der Waals surface area contributed by atoms with E-state index in [-0.39, 0.29) is 12.2 Å². The van der Waals surface area contributed by atoms with E-state index >= 15 is 0 Å². The van der Waals surface area contributed by atoms with Crippen LogP contribution in [0.4, 0.5) is 5.69 Å². The van der Waals surface area contributed by atoms with Gasteiger partial charge in [0.05, 0.1) is 0 Å². The molecule has 0 saturated heterocycles. The number of benzene rings is 3. The van der Waals surface area contributed by atoms with E-state index in [1.54, 1.807) is 48.5 Å². The van der Waals surface area contributed by atoms with Gasteiger partial charge in [0.15, 0.2) is 0 Å². The molecule has 3 aromatic rings. The minimum Gasteiger partial charge on any atom is -0.489 e. The molecule has 0 aromatic heterocycles. The summed E-state index contributed by atoms with van der Waals surface area (Å²) in [5.41, 5.74) is 3.53. The summed E-state index contributed by atoms with van der Waals surface area (Å²) in [5.74, 6) is 3.20. The van der Waals surface area contributed by atoms with Gasteiger partial charge < -0.3 is 14.8 Å². The molecule has 0 aliphatic carbocycles. The summed E-state index contributed by atoms with van der Waals surface area (Å²) in [6.07, 6.45) is 6.68. The van der Waals surface area contributed by atoms with Gasteiger partial charge in [-0.2, -0.15) is 5.26 Å². The summed E-state index contributed by atoms with van der Waals surface area (Å²) < 4.78 is 11.1. The molecular formula is C27H22N2O3. The molecule has 0 saturated carbocycles. The van der Waals surface area contributed by atoms with Gasteiger partial charge in [-0.05, 0) is 60.5 Å². The second-order valence-electron chi connectivity index (χ2n) is 6.98. The number of amides is 1. The first-order valence-electron chi connectivity index (χ1n) is 9.95. The molecule has 5 heteroatoms. The van der Waals surface area contributed by atoms with Gasteiger partial charge >= 0.3 is 0 Å². The zero-order valence-corrected chi connectivity index (χ0v) is 17.7. The number of rotatable bonds is 8. The van der Waals surface area contributed by atoms with Crippen LogP contribution in [0.2, 0.25) is 0 Å². The maximum atomic E-state index is 12.5. The van der Waals surface area contributed by atoms with Crippen molar-refractivity contribution in [3.05, 3.63) is 95.1 Å². The number of anilines is 1. The standard InChI is InChI=1S/C27H22N2O3/c1-3-16-31-25-12-8-21(9-13-25)17-23(18-28)27(30)29-24-10-14-26(15-11-24)32-19-22-6-4-20(2)5-7-22/h1,4-15,17H,16,19H2,2H3,(H,29,30)/b23-17+. The van der Waals surface area contributed by atoms with Crippen LogP contribution >= 0.6 is 0 Å². The quantitative estimate of drug-likeness (QED) is 0.310. The molecular weight excluding hydrogens is 400 g/mol. The van der Waals surface area contributed by atoms with Crippen molar-refractivity contribution < 1.29 is 14.3 Å². The Hall–Kier alpha value is -4.48. The number of hydrogen-bond acceptors (Lipinski definition) is 4. The fourth-order valence-corrected chi connectivity index (χ4v) is 2.78. The van der Waals surface area contributed by atoms with Crippen LogP contribution in [0.1, 0.15) is 16.7 Å². The number of nitrogens with zero attached hydrogens (tertiary/aromatic N) is 1. The Labute approximate surface area is 187 Å². The number of nitriles is 1. The van der Waals surface area contributed by atoms with Crippen molar-refractivity contribution in [3.63, 3.8) is 0 Å². The molecule has 0 spiro atoms. The third-order valence-corrected chi connectivity index (χ3v) is 4.52. The predicted molar refractivity (Wildman–Crippen MR) is 125 cm³/mol. The fourth-order valence-electron chi connectivity index (χ4n) is 2.78. The van der Waals surface area contributed by atoms with Crippen LogP contribution < -0.4 is 14.8 Å². The smallest absolute Gasteiger partial charge is 0.266 e. The molecule has 0 aliphatic rings. The first-order chi connectivity index (χ1) is 15.6. The molecule has 0 atom stereocenters. The molecule has 158 valence electrons. The average Bonchev–Trinajstić information content (AvgIpc) is 2.82. The molecule has 0 aliphatic heterocycles. The number of terminal acetylenes is 1. The predicted octanol–water partition coefficient (Wildman–Crippen LogP) is 5.13. The Balaban J connectivity index is 1.58. The van der Waals surface area contributed by atoms with E-state index in [1.807, 2.05) is 37.3 Å². The number of carbonyl (C=O) groups excluding carboxylic acids is 1. The summed E-state index contributed by atoms with van der Waals surface area (Å²) in [7, 11) is 0. The molecule has 0 fully saturated rings. The molecule has 0 heterocycles. The van der Waals surface area contributed by atoms with Crippen LogP contribution in [0.25, 0.3) is 6.08 Å². The van der Waals surface area contributed by atoms with E-state index in [0.29, 0.717) is 29.4 Å². The second kappa shape index (κ2) is 11.1. The highest BCUT2D eigenvalue weighted by atomic mass is 16.5. The van der Waals surface area contributed by atoms with Crippen LogP contribution in [0.5, 0.6) is 11.5 Å². The van der Waals surface area contributed by atoms with E-state index < -0.39 is 5.91 Å². The molecule has 3 aromatic carbocycles. The highest BCUT2D eigenvalue weighted by Crippen LogP contribution is 2.19. The molecule has 1 N–H and O–H groups in total. The lowest BCUT2D eigenvalue weighted by Gasteiger charge is -2.09. The normalized spacial score (nSPS) is 10.5. The Morgan fingerprint density at radius 2 is 1.59 bits per heavy atom. The zero-order valence-electron chi connectivity index (χ0n) is 17.7. The molecule has 1 amide bonds. The number of aryl methyl sites for hydroxylation is 1. The molecule has 3 rings (SSSR count). The van der Waals surface area contributed by atoms with Crippen LogP contribution in [0.15, 0.2) is 78.4 Å². The van der Waals surface area contributed by atoms with Crippen molar-refractivity contribution in [1.29, 1.82) is 5.26 Å². The van der Waals surface area contributed by atoms with Gasteiger partial charge in [-0.25, -0.2) is 0 Å². The number of nitrogens with one attached hydrogen (secondary N) is 1. The summed E-state index contributed by atoms with van der Waals surface area (Å²) in [4.78, 5) is 12.5. The third kappa shape index (κ3) is 6.52. The second-order valence-corrected chi connectivity index (χ2v) is 6.98. The summed E-state index contributed by atoms with van der Waals surface area (Å²) in [6, 6.07) is 24.0. The Bertz CT molecular complexity index is 1160. The summed E-state index contributed by atoms with van der Waals surface area (Å²) in [6.45, 7) is 2.68. The largest absolute Gasteiger partial charge is 0.489 e. The van der Waals surface area contributed by atoms with Gasteiger partial charge in [0.1, 0.15) is 36.4 Å². The van der Waals surface area contributed by atoms with Gasteiger partial charge in [-0.1, -0.05) is 47.9 Å². The highest BCUT2D eigenvalue weighted by molar-refractivity contribution is 6.09. The minimum atomic E-state index is -0.492. The monoisotopic (exact) mass is 422 g/mol. The van der Waals surface area contributed by atoms with E-state index in [2.05, 4.69) is 11.2 Å². The van der Waals surface area contributed by atoms with Crippen LogP contribution in [0, 0.1) is 30.6 Å². The van der Waals surface area contributed by atoms with Crippen LogP contribution in [-0.2, 0) is 11.4 Å². The fraction of sp³-hybridized carbons (Fsp3) is 0.111. The molecule has 0 radical (unpaired) electrons. The highest BCUT2D eigenvalue weighted by Gasteiger charge is 2.10. The Kier molecular flexibility index (Phi) is 7.68. The molecule has 5 nitrogen and oxygen atoms in total. The number of hydrogen-bond donors (Lipinski definition) is 1. The van der Waals surface area contributed by atoms with E-state index in [9.17, 15) is 10.1 Å². The average molecular weight is 422 g/mol. The summed E-state index contributed by atoms with van der Waals surface area (Å²) >= 11 is 0. The SMILES string of the molecule is C#CCOc1ccc(/C=C(\C#N)C(=O)Nc2ccc(OCc3ccc(C)cc3)cc2)cc1. The lowest BCUT2D eigenvalue weighted by molar-refractivity contribution is -0.112. The molecule has 32 heavy (non-hydrogen) atoms. The van der Waals surface area contributed by atoms with Crippen molar-refractivity contribution in [2.75, 3.05) is 11.9 Å². The lowest BCUT2D eigenvalue weighted by Crippen LogP contribution is -2.13. The third-order valence-electron chi connectivity index (χ3n) is 4.52. The van der Waals surface area contributed by atoms with Gasteiger partial charge in [-0.3, -0.25) is 4.79 Å². The van der Waals surface area contributed by atoms with E-state index in [0.717, 1.165) is 5.56 Å². The van der Waals surface area contributed by atoms with Crippen molar-refractivity contribution >= 4 is 17.7 Å². The topological polar surface area (TPSA) is 71.3 Å². The first-order valence-corrected chi connectivity index (χ1v) is 9.95. The maximum Gasteiger partial charge on any atom is 0.266 e. The molecule has 0 bridgehead atoms. The van der Waals surface area contributed by atoms with Crippen molar-refractivity contribution in [2.45, 2.75) is 13.5 Å². The van der Waals surface area contributed by atoms with E-state index in [1.165, 1.54) is 11.6 Å². The van der Waals surface area contributed by atoms with Gasteiger partial charge in [0, 0.05) is 5.69 Å². The lowest BCUT2D eigenvalue weighted by atomic mass is 10.1. The maximum absolute atomic E-state index is 12.5. The Morgan fingerprint density at radius 1 is 0.969 bits per heavy atom. The van der Waals surface area contributed by atoms with Crippen LogP contribution in [0.3, 0.4) is 0 Å². The van der Waals surface area contributed by atoms with E-state index in [4.69, 9.17) is 15.9 Å².